The van der Waals surface area contributed by atoms with E-state index in [1.165, 1.54) is 36.4 Å². The predicted molar refractivity (Wildman–Crippen MR) is 101 cm³/mol. The Morgan fingerprint density at radius 1 is 1.07 bits per heavy atom. The van der Waals surface area contributed by atoms with Crippen LogP contribution in [0.25, 0.3) is 11.5 Å². The maximum Gasteiger partial charge on any atom is 0.322 e. The summed E-state index contributed by atoms with van der Waals surface area (Å²) < 4.78 is 42.5. The molecule has 0 saturated heterocycles. The number of carbonyl (C=O) groups is 1. The van der Waals surface area contributed by atoms with Crippen LogP contribution in [0, 0.1) is 5.82 Å². The van der Waals surface area contributed by atoms with E-state index in [1.54, 1.807) is 26.0 Å². The number of halogens is 1. The van der Waals surface area contributed by atoms with E-state index in [0.29, 0.717) is 11.1 Å². The van der Waals surface area contributed by atoms with E-state index in [-0.39, 0.29) is 29.0 Å². The van der Waals surface area contributed by atoms with Gasteiger partial charge in [0.05, 0.1) is 16.6 Å². The van der Waals surface area contributed by atoms with Gasteiger partial charge >= 0.3 is 6.01 Å². The minimum atomic E-state index is -3.35. The minimum absolute atomic E-state index is 0.0102. The van der Waals surface area contributed by atoms with Gasteiger partial charge in [-0.3, -0.25) is 10.1 Å². The summed E-state index contributed by atoms with van der Waals surface area (Å²) in [6, 6.07) is 11.6. The Kier molecular flexibility index (Phi) is 5.55. The average molecular weight is 403 g/mol. The van der Waals surface area contributed by atoms with Gasteiger partial charge in [0.2, 0.25) is 11.8 Å². The SMILES string of the molecule is CC(C)S(=O)(=O)c1ccc(CC(=O)Nc2nnc(-c3ccc(F)cc3)o2)cc1. The first-order valence-corrected chi connectivity index (χ1v) is 10.0. The quantitative estimate of drug-likeness (QED) is 0.678. The van der Waals surface area contributed by atoms with Crippen LogP contribution in [0.2, 0.25) is 0 Å². The van der Waals surface area contributed by atoms with Crippen molar-refractivity contribution < 1.29 is 22.0 Å². The Morgan fingerprint density at radius 3 is 2.32 bits per heavy atom. The van der Waals surface area contributed by atoms with Gasteiger partial charge in [-0.2, -0.15) is 0 Å². The van der Waals surface area contributed by atoms with Crippen molar-refractivity contribution >= 4 is 21.8 Å². The molecule has 7 nitrogen and oxygen atoms in total. The molecule has 1 amide bonds. The molecule has 0 aliphatic heterocycles. The molecular weight excluding hydrogens is 385 g/mol. The summed E-state index contributed by atoms with van der Waals surface area (Å²) in [4.78, 5) is 12.4. The summed E-state index contributed by atoms with van der Waals surface area (Å²) >= 11 is 0. The van der Waals surface area contributed by atoms with E-state index >= 15 is 0 Å². The maximum atomic E-state index is 13.0. The number of nitrogens with one attached hydrogen (secondary N) is 1. The topological polar surface area (TPSA) is 102 Å². The minimum Gasteiger partial charge on any atom is -0.403 e. The number of aromatic nitrogens is 2. The van der Waals surface area contributed by atoms with Crippen LogP contribution < -0.4 is 5.32 Å². The molecule has 0 spiro atoms. The molecule has 2 aromatic carbocycles. The zero-order valence-corrected chi connectivity index (χ0v) is 16.0. The van der Waals surface area contributed by atoms with Crippen molar-refractivity contribution in [2.75, 3.05) is 5.32 Å². The molecular formula is C19H18FN3O4S. The van der Waals surface area contributed by atoms with E-state index in [9.17, 15) is 17.6 Å². The Bertz CT molecular complexity index is 1080. The lowest BCUT2D eigenvalue weighted by Gasteiger charge is -2.08. The molecule has 9 heteroatoms. The Labute approximate surface area is 161 Å². The van der Waals surface area contributed by atoms with Gasteiger partial charge in [0, 0.05) is 5.56 Å². The highest BCUT2D eigenvalue weighted by Gasteiger charge is 2.19. The highest BCUT2D eigenvalue weighted by Crippen LogP contribution is 2.20. The largest absolute Gasteiger partial charge is 0.403 e. The molecule has 1 heterocycles. The van der Waals surface area contributed by atoms with E-state index in [2.05, 4.69) is 15.5 Å². The molecule has 0 atom stereocenters. The normalized spacial score (nSPS) is 11.6. The van der Waals surface area contributed by atoms with Gasteiger partial charge in [-0.1, -0.05) is 17.2 Å². The lowest BCUT2D eigenvalue weighted by Crippen LogP contribution is -2.16. The number of nitrogens with zero attached hydrogens (tertiary/aromatic N) is 2. The number of rotatable bonds is 6. The number of sulfone groups is 1. The molecule has 0 radical (unpaired) electrons. The molecule has 0 aliphatic rings. The van der Waals surface area contributed by atoms with Gasteiger partial charge in [-0.05, 0) is 55.8 Å². The summed E-state index contributed by atoms with van der Waals surface area (Å²) in [5.41, 5.74) is 1.16. The first-order chi connectivity index (χ1) is 13.3. The molecule has 3 aromatic rings. The second-order valence-electron chi connectivity index (χ2n) is 6.38. The van der Waals surface area contributed by atoms with Crippen molar-refractivity contribution in [2.24, 2.45) is 0 Å². The molecule has 0 aliphatic carbocycles. The number of hydrogen-bond acceptors (Lipinski definition) is 6. The molecule has 0 unspecified atom stereocenters. The third-order valence-electron chi connectivity index (χ3n) is 4.00. The van der Waals surface area contributed by atoms with E-state index in [0.717, 1.165) is 0 Å². The maximum absolute atomic E-state index is 13.0. The fourth-order valence-corrected chi connectivity index (χ4v) is 3.46. The molecule has 1 N–H and O–H groups in total. The zero-order valence-electron chi connectivity index (χ0n) is 15.2. The first kappa shape index (κ1) is 19.7. The summed E-state index contributed by atoms with van der Waals surface area (Å²) in [5, 5.41) is 9.52. The van der Waals surface area contributed by atoms with Crippen LogP contribution in [-0.4, -0.2) is 29.8 Å². The van der Waals surface area contributed by atoms with Crippen molar-refractivity contribution in [3.8, 4) is 11.5 Å². The average Bonchev–Trinajstić information content (AvgIpc) is 3.11. The lowest BCUT2D eigenvalue weighted by atomic mass is 10.1. The third-order valence-corrected chi connectivity index (χ3v) is 6.17. The fraction of sp³-hybridized carbons (Fsp3) is 0.211. The number of carbonyl (C=O) groups excluding carboxylic acids is 1. The number of anilines is 1. The molecule has 3 rings (SSSR count). The number of amides is 1. The zero-order chi connectivity index (χ0) is 20.3. The van der Waals surface area contributed by atoms with Gasteiger partial charge in [-0.25, -0.2) is 12.8 Å². The van der Waals surface area contributed by atoms with Gasteiger partial charge in [-0.15, -0.1) is 5.10 Å². The monoisotopic (exact) mass is 403 g/mol. The van der Waals surface area contributed by atoms with Crippen LogP contribution in [0.1, 0.15) is 19.4 Å². The van der Waals surface area contributed by atoms with Crippen molar-refractivity contribution in [3.63, 3.8) is 0 Å². The number of hydrogen-bond donors (Lipinski definition) is 1. The van der Waals surface area contributed by atoms with E-state index in [4.69, 9.17) is 4.42 Å². The Balaban J connectivity index is 1.64. The smallest absolute Gasteiger partial charge is 0.322 e. The van der Waals surface area contributed by atoms with Crippen molar-refractivity contribution in [1.82, 2.24) is 10.2 Å². The van der Waals surface area contributed by atoms with Crippen LogP contribution >= 0.6 is 0 Å². The molecule has 0 saturated carbocycles. The van der Waals surface area contributed by atoms with Crippen molar-refractivity contribution in [3.05, 3.63) is 59.9 Å². The molecule has 146 valence electrons. The van der Waals surface area contributed by atoms with Crippen LogP contribution in [0.4, 0.5) is 10.4 Å². The molecule has 0 bridgehead atoms. The Morgan fingerprint density at radius 2 is 1.71 bits per heavy atom. The lowest BCUT2D eigenvalue weighted by molar-refractivity contribution is -0.115. The van der Waals surface area contributed by atoms with Crippen molar-refractivity contribution in [1.29, 1.82) is 0 Å². The van der Waals surface area contributed by atoms with Crippen LogP contribution in [0.15, 0.2) is 57.8 Å². The van der Waals surface area contributed by atoms with Crippen LogP contribution in [0.5, 0.6) is 0 Å². The summed E-state index contributed by atoms with van der Waals surface area (Å²) in [5.74, 6) is -0.628. The summed E-state index contributed by atoms with van der Waals surface area (Å²) in [6.07, 6.45) is 0.0102. The Hall–Kier alpha value is -3.07. The predicted octanol–water partition coefficient (Wildman–Crippen LogP) is 3.24. The molecule has 0 fully saturated rings. The second-order valence-corrected chi connectivity index (χ2v) is 8.89. The van der Waals surface area contributed by atoms with Gasteiger partial charge in [0.25, 0.3) is 0 Å². The van der Waals surface area contributed by atoms with Gasteiger partial charge in [0.15, 0.2) is 9.84 Å². The number of benzene rings is 2. The van der Waals surface area contributed by atoms with E-state index in [1.807, 2.05) is 0 Å². The first-order valence-electron chi connectivity index (χ1n) is 8.48. The standard InChI is InChI=1S/C19H18FN3O4S/c1-12(2)28(25,26)16-9-3-13(4-10-16)11-17(24)21-19-23-22-18(27-19)14-5-7-15(20)8-6-14/h3-10,12H,11H2,1-2H3,(H,21,23,24). The van der Waals surface area contributed by atoms with Crippen LogP contribution in [-0.2, 0) is 21.1 Å². The fourth-order valence-electron chi connectivity index (χ4n) is 2.40. The van der Waals surface area contributed by atoms with Crippen molar-refractivity contribution in [2.45, 2.75) is 30.4 Å². The summed E-state index contributed by atoms with van der Waals surface area (Å²) in [7, 11) is -3.35. The third kappa shape index (κ3) is 4.42. The summed E-state index contributed by atoms with van der Waals surface area (Å²) in [6.45, 7) is 3.22. The van der Waals surface area contributed by atoms with Crippen LogP contribution in [0.3, 0.4) is 0 Å². The highest BCUT2D eigenvalue weighted by molar-refractivity contribution is 7.92. The molecule has 28 heavy (non-hydrogen) atoms. The molecule has 1 aromatic heterocycles. The van der Waals surface area contributed by atoms with E-state index < -0.39 is 21.0 Å². The second kappa shape index (κ2) is 7.89. The van der Waals surface area contributed by atoms with Gasteiger partial charge in [0.1, 0.15) is 5.82 Å². The van der Waals surface area contributed by atoms with Gasteiger partial charge < -0.3 is 4.42 Å². The highest BCUT2D eigenvalue weighted by atomic mass is 32.2.